The van der Waals surface area contributed by atoms with E-state index >= 15 is 0 Å². The number of carbonyl (C=O) groups excluding carboxylic acids is 2. The van der Waals surface area contributed by atoms with E-state index in [2.05, 4.69) is 5.28 Å². The summed E-state index contributed by atoms with van der Waals surface area (Å²) in [6.07, 6.45) is -0.601. The molecular formula is C17H22N4O6. The van der Waals surface area contributed by atoms with Crippen molar-refractivity contribution in [1.82, 2.24) is 9.91 Å². The molecule has 0 aromatic heterocycles. The number of fused-ring (bicyclic) bond motifs is 1. The van der Waals surface area contributed by atoms with Gasteiger partial charge in [-0.3, -0.25) is 9.59 Å². The highest BCUT2D eigenvalue weighted by atomic mass is 16.7. The Bertz CT molecular complexity index is 745. The third kappa shape index (κ3) is 3.83. The van der Waals surface area contributed by atoms with E-state index in [-0.39, 0.29) is 22.0 Å². The summed E-state index contributed by atoms with van der Waals surface area (Å²) in [7, 11) is 1.28. The molecule has 10 heteroatoms. The molecule has 27 heavy (non-hydrogen) atoms. The van der Waals surface area contributed by atoms with Gasteiger partial charge in [0.25, 0.3) is 11.8 Å². The molecule has 0 bridgehead atoms. The number of hydrogen-bond donors (Lipinski definition) is 1. The molecule has 1 aliphatic rings. The summed E-state index contributed by atoms with van der Waals surface area (Å²) in [6, 6.07) is 5.22. The van der Waals surface area contributed by atoms with Gasteiger partial charge in [0.1, 0.15) is 0 Å². The SMILES string of the molecule is CC[C@@H](C)[C@@H](C(=O)O)N(C)/[N+]([O-])=N/OC(C)N1C(=O)c2ccccc2C1=O. The minimum Gasteiger partial charge on any atom is -0.569 e. The molecule has 0 spiro atoms. The quantitative estimate of drug-likeness (QED) is 0.317. The van der Waals surface area contributed by atoms with Crippen molar-refractivity contribution in [3.63, 3.8) is 0 Å². The van der Waals surface area contributed by atoms with E-state index in [1.165, 1.54) is 26.1 Å². The lowest BCUT2D eigenvalue weighted by Crippen LogP contribution is -2.46. The summed E-state index contributed by atoms with van der Waals surface area (Å²) in [5.74, 6) is -2.58. The number of likely N-dealkylation sites (N-methyl/N-ethyl adjacent to an activating group) is 1. The van der Waals surface area contributed by atoms with E-state index in [0.29, 0.717) is 6.42 Å². The number of rotatable bonds is 8. The minimum atomic E-state index is -1.17. The zero-order valence-electron chi connectivity index (χ0n) is 15.5. The summed E-state index contributed by atoms with van der Waals surface area (Å²) in [5.41, 5.74) is 0.494. The van der Waals surface area contributed by atoms with Crippen molar-refractivity contribution >= 4 is 17.8 Å². The van der Waals surface area contributed by atoms with E-state index in [9.17, 15) is 24.7 Å². The predicted molar refractivity (Wildman–Crippen MR) is 92.2 cm³/mol. The molecule has 1 aromatic carbocycles. The van der Waals surface area contributed by atoms with Gasteiger partial charge in [0.15, 0.2) is 6.04 Å². The number of carboxylic acids is 1. The maximum absolute atomic E-state index is 12.4. The van der Waals surface area contributed by atoms with Crippen molar-refractivity contribution < 1.29 is 29.3 Å². The fraction of sp³-hybridized carbons (Fsp3) is 0.471. The van der Waals surface area contributed by atoms with Gasteiger partial charge in [-0.25, -0.2) is 9.69 Å². The Morgan fingerprint density at radius 1 is 1.30 bits per heavy atom. The number of amides is 2. The summed E-state index contributed by atoms with van der Waals surface area (Å²) in [4.78, 5) is 42.0. The third-order valence-electron chi connectivity index (χ3n) is 4.57. The van der Waals surface area contributed by atoms with Crippen LogP contribution in [0.5, 0.6) is 0 Å². The highest BCUT2D eigenvalue weighted by Crippen LogP contribution is 2.24. The molecular weight excluding hydrogens is 356 g/mol. The first kappa shape index (κ1) is 20.1. The highest BCUT2D eigenvalue weighted by molar-refractivity contribution is 6.21. The van der Waals surface area contributed by atoms with Crippen LogP contribution in [0.15, 0.2) is 29.5 Å². The number of hydrazine groups is 1. The molecule has 1 heterocycles. The molecule has 1 aromatic rings. The van der Waals surface area contributed by atoms with Crippen LogP contribution < -0.4 is 0 Å². The molecule has 1 N–H and O–H groups in total. The molecule has 146 valence electrons. The monoisotopic (exact) mass is 378 g/mol. The number of nitrogens with zero attached hydrogens (tertiary/aromatic N) is 4. The predicted octanol–water partition coefficient (Wildman–Crippen LogP) is 1.87. The van der Waals surface area contributed by atoms with Crippen LogP contribution in [0.4, 0.5) is 0 Å². The van der Waals surface area contributed by atoms with Crippen molar-refractivity contribution in [2.75, 3.05) is 7.05 Å². The van der Waals surface area contributed by atoms with Crippen LogP contribution in [-0.2, 0) is 9.63 Å². The van der Waals surface area contributed by atoms with Crippen LogP contribution in [0.3, 0.4) is 0 Å². The first-order chi connectivity index (χ1) is 12.7. The zero-order valence-corrected chi connectivity index (χ0v) is 15.5. The van der Waals surface area contributed by atoms with Crippen molar-refractivity contribution in [3.8, 4) is 0 Å². The second-order valence-electron chi connectivity index (χ2n) is 6.31. The minimum absolute atomic E-state index is 0.000384. The van der Waals surface area contributed by atoms with Gasteiger partial charge in [0, 0.05) is 0 Å². The average molecular weight is 378 g/mol. The molecule has 0 radical (unpaired) electrons. The Hall–Kier alpha value is -3.17. The smallest absolute Gasteiger partial charge is 0.332 e. The van der Waals surface area contributed by atoms with Gasteiger partial charge < -0.3 is 15.2 Å². The number of benzene rings is 1. The van der Waals surface area contributed by atoms with Crippen molar-refractivity contribution in [3.05, 3.63) is 40.6 Å². The number of hydrogen-bond acceptors (Lipinski definition) is 6. The van der Waals surface area contributed by atoms with Gasteiger partial charge >= 0.3 is 5.97 Å². The lowest BCUT2D eigenvalue weighted by atomic mass is 9.99. The Balaban J connectivity index is 2.12. The molecule has 1 aliphatic heterocycles. The Kier molecular flexibility index (Phi) is 5.98. The Morgan fingerprint density at radius 2 is 1.81 bits per heavy atom. The highest BCUT2D eigenvalue weighted by Gasteiger charge is 2.40. The molecule has 0 saturated carbocycles. The van der Waals surface area contributed by atoms with Crippen molar-refractivity contribution in [1.29, 1.82) is 0 Å². The van der Waals surface area contributed by atoms with E-state index in [1.807, 2.05) is 6.92 Å². The summed E-state index contributed by atoms with van der Waals surface area (Å²) in [6.45, 7) is 4.90. The second kappa shape index (κ2) is 8.02. The Morgan fingerprint density at radius 3 is 2.26 bits per heavy atom. The van der Waals surface area contributed by atoms with Gasteiger partial charge in [0.2, 0.25) is 11.5 Å². The van der Waals surface area contributed by atoms with Gasteiger partial charge in [-0.15, -0.1) is 5.01 Å². The van der Waals surface area contributed by atoms with Gasteiger partial charge in [-0.2, -0.15) is 0 Å². The number of aliphatic carboxylic acids is 1. The maximum atomic E-state index is 12.4. The van der Waals surface area contributed by atoms with Crippen LogP contribution in [0.2, 0.25) is 0 Å². The molecule has 0 aliphatic carbocycles. The summed E-state index contributed by atoms with van der Waals surface area (Å²) >= 11 is 0. The number of imide groups is 1. The van der Waals surface area contributed by atoms with Crippen LogP contribution in [0, 0.1) is 11.1 Å². The lowest BCUT2D eigenvalue weighted by Gasteiger charge is -2.25. The third-order valence-corrected chi connectivity index (χ3v) is 4.57. The van der Waals surface area contributed by atoms with Crippen LogP contribution >= 0.6 is 0 Å². The maximum Gasteiger partial charge on any atom is 0.332 e. The molecule has 0 fully saturated rings. The van der Waals surface area contributed by atoms with E-state index < -0.39 is 30.1 Å². The van der Waals surface area contributed by atoms with Gasteiger partial charge in [-0.1, -0.05) is 32.4 Å². The topological polar surface area (TPSA) is 126 Å². The standard InChI is InChI=1S/C17H22N4O6/c1-5-10(2)14(17(24)25)19(4)21(26)18-27-11(3)20-15(22)12-8-6-7-9-13(12)16(20)23/h6-11,14H,5H2,1-4H3,(H,24,25)/b21-18-/t10-,11?,14+/m1/s1. The first-order valence-corrected chi connectivity index (χ1v) is 8.47. The van der Waals surface area contributed by atoms with Crippen molar-refractivity contribution in [2.45, 2.75) is 39.5 Å². The lowest BCUT2D eigenvalue weighted by molar-refractivity contribution is -0.713. The van der Waals surface area contributed by atoms with Crippen LogP contribution in [0.25, 0.3) is 0 Å². The van der Waals surface area contributed by atoms with Crippen LogP contribution in [-0.4, -0.2) is 57.1 Å². The largest absolute Gasteiger partial charge is 0.569 e. The number of carbonyl (C=O) groups is 3. The molecule has 0 saturated heterocycles. The van der Waals surface area contributed by atoms with E-state index in [0.717, 1.165) is 9.91 Å². The van der Waals surface area contributed by atoms with Gasteiger partial charge in [0.05, 0.1) is 23.1 Å². The van der Waals surface area contributed by atoms with E-state index in [1.54, 1.807) is 19.1 Å². The van der Waals surface area contributed by atoms with Gasteiger partial charge in [-0.05, 0) is 25.0 Å². The van der Waals surface area contributed by atoms with E-state index in [4.69, 9.17) is 4.84 Å². The first-order valence-electron chi connectivity index (χ1n) is 8.47. The molecule has 3 atom stereocenters. The molecule has 1 unspecified atom stereocenters. The normalized spacial score (nSPS) is 17.3. The summed E-state index contributed by atoms with van der Waals surface area (Å²) in [5, 5.41) is 25.6. The Labute approximate surface area is 156 Å². The fourth-order valence-corrected chi connectivity index (χ4v) is 2.85. The molecule has 2 rings (SSSR count). The fourth-order valence-electron chi connectivity index (χ4n) is 2.85. The molecule has 2 amide bonds. The molecule has 10 nitrogen and oxygen atoms in total. The summed E-state index contributed by atoms with van der Waals surface area (Å²) < 4.78 is 0. The van der Waals surface area contributed by atoms with Crippen molar-refractivity contribution in [2.24, 2.45) is 11.2 Å². The average Bonchev–Trinajstić information content (AvgIpc) is 2.90. The van der Waals surface area contributed by atoms with Crippen LogP contribution in [0.1, 0.15) is 47.9 Å². The number of carboxylic acid groups (broad SMARTS) is 1. The zero-order chi connectivity index (χ0) is 20.3. The second-order valence-corrected chi connectivity index (χ2v) is 6.31.